The first-order chi connectivity index (χ1) is 12.4. The van der Waals surface area contributed by atoms with E-state index >= 15 is 0 Å². The summed E-state index contributed by atoms with van der Waals surface area (Å²) in [6.07, 6.45) is 7.41. The number of aldehydes is 1. The van der Waals surface area contributed by atoms with Crippen LogP contribution in [0.5, 0.6) is 0 Å². The second kappa shape index (κ2) is 8.11. The van der Waals surface area contributed by atoms with Gasteiger partial charge in [0.05, 0.1) is 9.75 Å². The maximum atomic E-state index is 11.7. The second-order valence-corrected chi connectivity index (χ2v) is 9.98. The van der Waals surface area contributed by atoms with Crippen molar-refractivity contribution >= 4 is 23.2 Å². The van der Waals surface area contributed by atoms with E-state index in [-0.39, 0.29) is 5.41 Å². The Morgan fingerprint density at radius 3 is 2.62 bits per heavy atom. The molecule has 140 valence electrons. The molecule has 26 heavy (non-hydrogen) atoms. The van der Waals surface area contributed by atoms with Crippen LogP contribution in [0.2, 0.25) is 0 Å². The van der Waals surface area contributed by atoms with Gasteiger partial charge in [0.25, 0.3) is 0 Å². The Morgan fingerprint density at radius 2 is 1.96 bits per heavy atom. The Hall–Kier alpha value is -1.37. The van der Waals surface area contributed by atoms with Crippen LogP contribution in [-0.4, -0.2) is 19.4 Å². The van der Waals surface area contributed by atoms with Crippen molar-refractivity contribution in [3.05, 3.63) is 27.0 Å². The molecule has 1 aliphatic carbocycles. The summed E-state index contributed by atoms with van der Waals surface area (Å²) >= 11 is 1.54. The van der Waals surface area contributed by atoms with Gasteiger partial charge in [0.1, 0.15) is 0 Å². The van der Waals surface area contributed by atoms with Gasteiger partial charge in [-0.2, -0.15) is 0 Å². The van der Waals surface area contributed by atoms with Crippen LogP contribution < -0.4 is 5.32 Å². The molecule has 3 rings (SSSR count). The first kappa shape index (κ1) is 19.4. The molecule has 0 radical (unpaired) electrons. The molecule has 3 heteroatoms. The number of thiophene rings is 1. The molecule has 1 aromatic rings. The average molecular weight is 370 g/mol. The van der Waals surface area contributed by atoms with Gasteiger partial charge in [-0.1, -0.05) is 37.2 Å². The van der Waals surface area contributed by atoms with Crippen LogP contribution in [0, 0.1) is 29.1 Å². The van der Waals surface area contributed by atoms with Crippen molar-refractivity contribution in [3.63, 3.8) is 0 Å². The third kappa shape index (κ3) is 4.67. The summed E-state index contributed by atoms with van der Waals surface area (Å²) in [4.78, 5) is 13.6. The van der Waals surface area contributed by atoms with E-state index in [1.165, 1.54) is 42.6 Å². The van der Waals surface area contributed by atoms with E-state index < -0.39 is 0 Å². The first-order valence-electron chi connectivity index (χ1n) is 9.92. The van der Waals surface area contributed by atoms with E-state index in [4.69, 9.17) is 0 Å². The molecular weight excluding hydrogens is 338 g/mol. The highest BCUT2D eigenvalue weighted by molar-refractivity contribution is 7.14. The lowest BCUT2D eigenvalue weighted by molar-refractivity contribution is 0.112. The third-order valence-corrected chi connectivity index (χ3v) is 6.50. The van der Waals surface area contributed by atoms with Gasteiger partial charge in [0, 0.05) is 17.5 Å². The zero-order chi connectivity index (χ0) is 18.7. The molecule has 2 heterocycles. The quantitative estimate of drug-likeness (QED) is 0.560. The standard InChI is InChI=1S/C23H31NOS/c1-16-5-7-17(8-6-16)19-10-12-24-14-21(19)20-13-18(26-22(20)15-25)9-11-23(2,3)4/h13,15-17,24H,5-8,10,12,14H2,1-4H3. The normalized spacial score (nSPS) is 24.2. The molecule has 0 unspecified atom stereocenters. The van der Waals surface area contributed by atoms with Crippen LogP contribution >= 0.6 is 11.3 Å². The molecule has 1 aromatic heterocycles. The van der Waals surface area contributed by atoms with Gasteiger partial charge >= 0.3 is 0 Å². The fourth-order valence-electron chi connectivity index (χ4n) is 4.07. The summed E-state index contributed by atoms with van der Waals surface area (Å²) in [5.74, 6) is 8.15. The average Bonchev–Trinajstić information content (AvgIpc) is 3.03. The molecule has 1 N–H and O–H groups in total. The van der Waals surface area contributed by atoms with Crippen molar-refractivity contribution in [2.24, 2.45) is 17.3 Å². The van der Waals surface area contributed by atoms with Gasteiger partial charge in [-0.3, -0.25) is 4.79 Å². The molecule has 0 saturated heterocycles. The number of carbonyl (C=O) groups is 1. The molecule has 1 fully saturated rings. The summed E-state index contributed by atoms with van der Waals surface area (Å²) in [6, 6.07) is 2.15. The highest BCUT2D eigenvalue weighted by Gasteiger charge is 2.27. The summed E-state index contributed by atoms with van der Waals surface area (Å²) in [5, 5.41) is 3.52. The summed E-state index contributed by atoms with van der Waals surface area (Å²) in [5.41, 5.74) is 4.08. The van der Waals surface area contributed by atoms with Crippen molar-refractivity contribution in [1.29, 1.82) is 0 Å². The molecule has 2 aliphatic rings. The van der Waals surface area contributed by atoms with Gasteiger partial charge in [0.2, 0.25) is 0 Å². The van der Waals surface area contributed by atoms with E-state index in [1.807, 2.05) is 0 Å². The smallest absolute Gasteiger partial charge is 0.160 e. The van der Waals surface area contributed by atoms with Crippen LogP contribution in [0.1, 0.15) is 79.9 Å². The largest absolute Gasteiger partial charge is 0.312 e. The predicted octanol–water partition coefficient (Wildman–Crippen LogP) is 5.53. The topological polar surface area (TPSA) is 29.1 Å². The molecule has 0 aromatic carbocycles. The highest BCUT2D eigenvalue weighted by atomic mass is 32.1. The van der Waals surface area contributed by atoms with Gasteiger partial charge in [0.15, 0.2) is 6.29 Å². The van der Waals surface area contributed by atoms with Crippen LogP contribution in [-0.2, 0) is 0 Å². The summed E-state index contributed by atoms with van der Waals surface area (Å²) < 4.78 is 0. The van der Waals surface area contributed by atoms with Crippen LogP contribution in [0.3, 0.4) is 0 Å². The first-order valence-corrected chi connectivity index (χ1v) is 10.7. The van der Waals surface area contributed by atoms with Gasteiger partial charge in [-0.25, -0.2) is 0 Å². The van der Waals surface area contributed by atoms with E-state index in [1.54, 1.807) is 5.57 Å². The molecule has 0 atom stereocenters. The molecule has 2 nitrogen and oxygen atoms in total. The molecule has 0 spiro atoms. The van der Waals surface area contributed by atoms with Crippen LogP contribution in [0.25, 0.3) is 5.57 Å². The monoisotopic (exact) mass is 369 g/mol. The minimum atomic E-state index is -0.0267. The lowest BCUT2D eigenvalue weighted by atomic mass is 9.75. The molecular formula is C23H31NOS. The van der Waals surface area contributed by atoms with E-state index in [0.29, 0.717) is 5.92 Å². The van der Waals surface area contributed by atoms with Crippen molar-refractivity contribution in [2.75, 3.05) is 13.1 Å². The van der Waals surface area contributed by atoms with Crippen LogP contribution in [0.15, 0.2) is 11.6 Å². The number of carbonyl (C=O) groups excluding carboxylic acids is 1. The van der Waals surface area contributed by atoms with E-state index in [2.05, 4.69) is 50.9 Å². The summed E-state index contributed by atoms with van der Waals surface area (Å²) in [7, 11) is 0. The maximum Gasteiger partial charge on any atom is 0.160 e. The Bertz CT molecular complexity index is 745. The second-order valence-electron chi connectivity index (χ2n) is 8.89. The molecule has 0 amide bonds. The van der Waals surface area contributed by atoms with Crippen molar-refractivity contribution in [2.45, 2.75) is 59.8 Å². The van der Waals surface area contributed by atoms with Gasteiger partial charge in [-0.15, -0.1) is 11.3 Å². The Labute approximate surface area is 162 Å². The Balaban J connectivity index is 1.97. The van der Waals surface area contributed by atoms with Gasteiger partial charge < -0.3 is 5.32 Å². The minimum Gasteiger partial charge on any atom is -0.312 e. The Kier molecular flexibility index (Phi) is 6.05. The number of hydrogen-bond acceptors (Lipinski definition) is 3. The fourth-order valence-corrected chi connectivity index (χ4v) is 4.92. The minimum absolute atomic E-state index is 0.0267. The zero-order valence-corrected chi connectivity index (χ0v) is 17.4. The van der Waals surface area contributed by atoms with Crippen LogP contribution in [0.4, 0.5) is 0 Å². The summed E-state index contributed by atoms with van der Waals surface area (Å²) in [6.45, 7) is 10.7. The Morgan fingerprint density at radius 1 is 1.23 bits per heavy atom. The predicted molar refractivity (Wildman–Crippen MR) is 112 cm³/mol. The van der Waals surface area contributed by atoms with Crippen molar-refractivity contribution in [1.82, 2.24) is 5.32 Å². The lowest BCUT2D eigenvalue weighted by Crippen LogP contribution is -2.28. The number of nitrogens with one attached hydrogen (secondary N) is 1. The maximum absolute atomic E-state index is 11.7. The number of hydrogen-bond donors (Lipinski definition) is 1. The van der Waals surface area contributed by atoms with E-state index in [0.717, 1.165) is 47.0 Å². The third-order valence-electron chi connectivity index (χ3n) is 5.52. The van der Waals surface area contributed by atoms with Crippen molar-refractivity contribution in [3.8, 4) is 11.8 Å². The number of rotatable bonds is 3. The fraction of sp³-hybridized carbons (Fsp3) is 0.609. The molecule has 1 saturated carbocycles. The molecule has 0 bridgehead atoms. The lowest BCUT2D eigenvalue weighted by Gasteiger charge is -2.32. The van der Waals surface area contributed by atoms with Gasteiger partial charge in [-0.05, 0) is 70.1 Å². The molecule has 1 aliphatic heterocycles. The van der Waals surface area contributed by atoms with E-state index in [9.17, 15) is 4.79 Å². The highest BCUT2D eigenvalue weighted by Crippen LogP contribution is 2.40. The van der Waals surface area contributed by atoms with Crippen molar-refractivity contribution < 1.29 is 4.79 Å². The SMILES string of the molecule is CC1CCC(C2=C(c3cc(C#CC(C)(C)C)sc3C=O)CNCC2)CC1. The zero-order valence-electron chi connectivity index (χ0n) is 16.6.